The van der Waals surface area contributed by atoms with E-state index in [1.807, 2.05) is 42.5 Å². The van der Waals surface area contributed by atoms with Gasteiger partial charge in [0.15, 0.2) is 0 Å². The Labute approximate surface area is 160 Å². The van der Waals surface area contributed by atoms with Crippen LogP contribution in [0.5, 0.6) is 5.75 Å². The van der Waals surface area contributed by atoms with Gasteiger partial charge < -0.3 is 14.4 Å². The van der Waals surface area contributed by atoms with Gasteiger partial charge in [-0.15, -0.1) is 0 Å². The molecular weight excluding hydrogens is 338 g/mol. The van der Waals surface area contributed by atoms with Gasteiger partial charge in [0.1, 0.15) is 12.4 Å². The molecule has 1 atom stereocenters. The molecule has 1 aromatic heterocycles. The zero-order chi connectivity index (χ0) is 19.2. The van der Waals surface area contributed by atoms with Crippen molar-refractivity contribution in [1.82, 2.24) is 4.57 Å². The number of hydrogen-bond acceptors (Lipinski definition) is 2. The van der Waals surface area contributed by atoms with Crippen molar-refractivity contribution in [2.45, 2.75) is 26.8 Å². The molecule has 0 amide bonds. The van der Waals surface area contributed by atoms with E-state index in [9.17, 15) is 4.79 Å². The van der Waals surface area contributed by atoms with E-state index in [2.05, 4.69) is 35.8 Å². The number of nitrogens with zero attached hydrogens (tertiary/aromatic N) is 1. The molecule has 27 heavy (non-hydrogen) atoms. The highest BCUT2D eigenvalue weighted by atomic mass is 16.5. The summed E-state index contributed by atoms with van der Waals surface area (Å²) >= 11 is 0. The van der Waals surface area contributed by atoms with Gasteiger partial charge >= 0.3 is 5.97 Å². The lowest BCUT2D eigenvalue weighted by molar-refractivity contribution is -0.141. The molecule has 0 bridgehead atoms. The van der Waals surface area contributed by atoms with Gasteiger partial charge in [-0.3, -0.25) is 4.79 Å². The summed E-state index contributed by atoms with van der Waals surface area (Å²) in [4.78, 5) is 11.0. The van der Waals surface area contributed by atoms with Crippen LogP contribution in [-0.2, 0) is 17.8 Å². The van der Waals surface area contributed by atoms with Crippen LogP contribution in [0.3, 0.4) is 0 Å². The van der Waals surface area contributed by atoms with E-state index in [0.29, 0.717) is 13.0 Å². The normalized spacial score (nSPS) is 11.9. The van der Waals surface area contributed by atoms with Crippen LogP contribution >= 0.6 is 0 Å². The van der Waals surface area contributed by atoms with E-state index in [1.165, 1.54) is 17.0 Å². The van der Waals surface area contributed by atoms with E-state index >= 15 is 0 Å². The minimum atomic E-state index is -0.772. The van der Waals surface area contributed by atoms with E-state index in [1.54, 1.807) is 6.92 Å². The number of hydrogen-bond donors (Lipinski definition) is 1. The maximum atomic E-state index is 11.0. The van der Waals surface area contributed by atoms with Gasteiger partial charge in [0.05, 0.1) is 12.5 Å². The van der Waals surface area contributed by atoms with Crippen molar-refractivity contribution in [2.75, 3.05) is 6.61 Å². The zero-order valence-corrected chi connectivity index (χ0v) is 15.8. The molecule has 1 N–H and O–H groups in total. The molecule has 0 aliphatic heterocycles. The number of rotatable bonds is 8. The van der Waals surface area contributed by atoms with Crippen molar-refractivity contribution in [1.29, 1.82) is 0 Å². The first-order valence-electron chi connectivity index (χ1n) is 9.20. The van der Waals surface area contributed by atoms with E-state index in [0.717, 1.165) is 17.9 Å². The Morgan fingerprint density at radius 1 is 1.04 bits per heavy atom. The Bertz CT molecular complexity index is 882. The molecule has 4 heteroatoms. The average Bonchev–Trinajstić information content (AvgIpc) is 3.04. The van der Waals surface area contributed by atoms with E-state index in [4.69, 9.17) is 9.84 Å². The molecule has 0 spiro atoms. The number of aliphatic carboxylic acids is 1. The van der Waals surface area contributed by atoms with Gasteiger partial charge in [0, 0.05) is 11.4 Å². The monoisotopic (exact) mass is 363 g/mol. The lowest BCUT2D eigenvalue weighted by atomic mass is 10.0. The topological polar surface area (TPSA) is 51.5 Å². The molecule has 140 valence electrons. The van der Waals surface area contributed by atoms with Crippen LogP contribution in [0.4, 0.5) is 0 Å². The number of benzene rings is 2. The van der Waals surface area contributed by atoms with Crippen LogP contribution in [0, 0.1) is 12.8 Å². The highest BCUT2D eigenvalue weighted by Gasteiger charge is 2.11. The summed E-state index contributed by atoms with van der Waals surface area (Å²) < 4.78 is 8.16. The fourth-order valence-corrected chi connectivity index (χ4v) is 3.14. The highest BCUT2D eigenvalue weighted by molar-refractivity contribution is 5.69. The Morgan fingerprint density at radius 3 is 2.41 bits per heavy atom. The second-order valence-electron chi connectivity index (χ2n) is 6.81. The van der Waals surface area contributed by atoms with Gasteiger partial charge in [0.2, 0.25) is 0 Å². The van der Waals surface area contributed by atoms with Gasteiger partial charge in [-0.05, 0) is 48.7 Å². The SMILES string of the molecule is Cc1ccc(-c2ccccc2)n1CCOc1ccc(C[C@@H](C)C(=O)O)cc1. The van der Waals surface area contributed by atoms with Crippen LogP contribution in [0.2, 0.25) is 0 Å². The quantitative estimate of drug-likeness (QED) is 0.625. The lowest BCUT2D eigenvalue weighted by Gasteiger charge is -2.13. The molecule has 0 fully saturated rings. The minimum absolute atomic E-state index is 0.384. The summed E-state index contributed by atoms with van der Waals surface area (Å²) in [5, 5.41) is 9.00. The van der Waals surface area contributed by atoms with Gasteiger partial charge in [-0.2, -0.15) is 0 Å². The predicted octanol–water partition coefficient (Wildman–Crippen LogP) is 4.81. The van der Waals surface area contributed by atoms with Gasteiger partial charge in [-0.25, -0.2) is 0 Å². The van der Waals surface area contributed by atoms with Crippen molar-refractivity contribution >= 4 is 5.97 Å². The maximum Gasteiger partial charge on any atom is 0.306 e. The maximum absolute atomic E-state index is 11.0. The van der Waals surface area contributed by atoms with Crippen LogP contribution in [0.15, 0.2) is 66.7 Å². The largest absolute Gasteiger partial charge is 0.492 e. The Hall–Kier alpha value is -3.01. The van der Waals surface area contributed by atoms with E-state index < -0.39 is 5.97 Å². The van der Waals surface area contributed by atoms with Crippen molar-refractivity contribution < 1.29 is 14.6 Å². The molecule has 3 aromatic rings. The molecule has 4 nitrogen and oxygen atoms in total. The third-order valence-electron chi connectivity index (χ3n) is 4.74. The molecule has 1 heterocycles. The fourth-order valence-electron chi connectivity index (χ4n) is 3.14. The third-order valence-corrected chi connectivity index (χ3v) is 4.74. The van der Waals surface area contributed by atoms with Crippen molar-refractivity contribution in [3.63, 3.8) is 0 Å². The molecule has 3 rings (SSSR count). The standard InChI is InChI=1S/C23H25NO3/c1-17(23(25)26)16-19-9-11-21(12-10-19)27-15-14-24-18(2)8-13-22(24)20-6-4-3-5-7-20/h3-13,17H,14-16H2,1-2H3,(H,25,26)/t17-/m1/s1. The first-order valence-corrected chi connectivity index (χ1v) is 9.20. The lowest BCUT2D eigenvalue weighted by Crippen LogP contribution is -2.12. The fraction of sp³-hybridized carbons (Fsp3) is 0.261. The molecular formula is C23H25NO3. The summed E-state index contributed by atoms with van der Waals surface area (Å²) in [7, 11) is 0. The number of aromatic nitrogens is 1. The molecule has 0 saturated carbocycles. The average molecular weight is 363 g/mol. The highest BCUT2D eigenvalue weighted by Crippen LogP contribution is 2.22. The van der Waals surface area contributed by atoms with Crippen LogP contribution in [-0.4, -0.2) is 22.2 Å². The number of aryl methyl sites for hydroxylation is 1. The minimum Gasteiger partial charge on any atom is -0.492 e. The molecule has 2 aromatic carbocycles. The summed E-state index contributed by atoms with van der Waals surface area (Å²) in [6.45, 7) is 5.16. The van der Waals surface area contributed by atoms with Gasteiger partial charge in [-0.1, -0.05) is 49.4 Å². The number of carbonyl (C=O) groups is 1. The summed E-state index contributed by atoms with van der Waals surface area (Å²) in [5.41, 5.74) is 4.59. The first kappa shape index (κ1) is 18.8. The summed E-state index contributed by atoms with van der Waals surface area (Å²) in [6, 6.07) is 22.3. The van der Waals surface area contributed by atoms with Crippen molar-refractivity contribution in [2.24, 2.45) is 5.92 Å². The van der Waals surface area contributed by atoms with E-state index in [-0.39, 0.29) is 5.92 Å². The first-order chi connectivity index (χ1) is 13.0. The van der Waals surface area contributed by atoms with Crippen LogP contribution in [0.1, 0.15) is 18.2 Å². The van der Waals surface area contributed by atoms with Crippen LogP contribution < -0.4 is 4.74 Å². The van der Waals surface area contributed by atoms with Gasteiger partial charge in [0.25, 0.3) is 0 Å². The number of carboxylic acids is 1. The van der Waals surface area contributed by atoms with Crippen molar-refractivity contribution in [3.8, 4) is 17.0 Å². The number of carboxylic acid groups (broad SMARTS) is 1. The Morgan fingerprint density at radius 2 is 1.74 bits per heavy atom. The number of ether oxygens (including phenoxy) is 1. The molecule has 0 aliphatic rings. The molecule has 0 aliphatic carbocycles. The molecule has 0 saturated heterocycles. The Balaban J connectivity index is 1.59. The van der Waals surface area contributed by atoms with Crippen LogP contribution in [0.25, 0.3) is 11.3 Å². The molecule has 0 unspecified atom stereocenters. The third kappa shape index (κ3) is 4.79. The summed E-state index contributed by atoms with van der Waals surface area (Å²) in [6.07, 6.45) is 0.526. The Kier molecular flexibility index (Phi) is 5.97. The second kappa shape index (κ2) is 8.58. The zero-order valence-electron chi connectivity index (χ0n) is 15.8. The van der Waals surface area contributed by atoms with Crippen molar-refractivity contribution in [3.05, 3.63) is 78.0 Å². The predicted molar refractivity (Wildman–Crippen MR) is 107 cm³/mol. The smallest absolute Gasteiger partial charge is 0.306 e. The molecule has 0 radical (unpaired) electrons. The second-order valence-corrected chi connectivity index (χ2v) is 6.81. The summed E-state index contributed by atoms with van der Waals surface area (Å²) in [5.74, 6) is -0.357.